The Balaban J connectivity index is 3.11. The van der Waals surface area contributed by atoms with Crippen molar-refractivity contribution in [2.45, 2.75) is 26.9 Å². The van der Waals surface area contributed by atoms with Gasteiger partial charge in [0.05, 0.1) is 13.2 Å². The van der Waals surface area contributed by atoms with Crippen LogP contribution in [0.3, 0.4) is 0 Å². The van der Waals surface area contributed by atoms with E-state index in [2.05, 4.69) is 0 Å². The Kier molecular flexibility index (Phi) is 4.19. The molecule has 0 saturated heterocycles. The van der Waals surface area contributed by atoms with Gasteiger partial charge in [0, 0.05) is 5.02 Å². The molecule has 1 rings (SSSR count). The fourth-order valence-corrected chi connectivity index (χ4v) is 1.42. The van der Waals surface area contributed by atoms with Crippen LogP contribution in [-0.2, 0) is 4.74 Å². The maximum atomic E-state index is 11.8. The highest BCUT2D eigenvalue weighted by molar-refractivity contribution is 6.31. The van der Waals surface area contributed by atoms with Crippen LogP contribution >= 0.6 is 11.6 Å². The molecule has 0 heterocycles. The molecule has 0 saturated carbocycles. The van der Waals surface area contributed by atoms with Gasteiger partial charge < -0.3 is 9.47 Å². The molecule has 3 nitrogen and oxygen atoms in total. The number of halogens is 1. The van der Waals surface area contributed by atoms with Crippen LogP contribution < -0.4 is 4.74 Å². The molecule has 0 aliphatic rings. The lowest BCUT2D eigenvalue weighted by Gasteiger charge is -2.12. The average Bonchev–Trinajstić information content (AvgIpc) is 2.20. The summed E-state index contributed by atoms with van der Waals surface area (Å²) in [6.45, 7) is 5.42. The van der Waals surface area contributed by atoms with E-state index in [0.29, 0.717) is 16.3 Å². The van der Waals surface area contributed by atoms with Gasteiger partial charge in [0.2, 0.25) is 0 Å². The van der Waals surface area contributed by atoms with Crippen molar-refractivity contribution in [1.82, 2.24) is 0 Å². The molecule has 0 unspecified atom stereocenters. The first-order valence-corrected chi connectivity index (χ1v) is 5.38. The normalized spacial score (nSPS) is 10.4. The number of rotatable bonds is 3. The van der Waals surface area contributed by atoms with E-state index in [0.717, 1.165) is 5.56 Å². The number of hydrogen-bond acceptors (Lipinski definition) is 3. The second kappa shape index (κ2) is 5.21. The molecule has 0 atom stereocenters. The summed E-state index contributed by atoms with van der Waals surface area (Å²) in [4.78, 5) is 11.8. The number of esters is 1. The molecule has 0 radical (unpaired) electrons. The summed E-state index contributed by atoms with van der Waals surface area (Å²) in [5, 5.41) is 0.568. The minimum absolute atomic E-state index is 0.159. The number of aryl methyl sites for hydroxylation is 1. The highest BCUT2D eigenvalue weighted by atomic mass is 35.5. The third-order valence-electron chi connectivity index (χ3n) is 2.04. The van der Waals surface area contributed by atoms with E-state index < -0.39 is 5.97 Å². The van der Waals surface area contributed by atoms with E-state index in [1.807, 2.05) is 6.92 Å². The molecule has 0 fully saturated rings. The fourth-order valence-electron chi connectivity index (χ4n) is 1.27. The topological polar surface area (TPSA) is 35.5 Å². The van der Waals surface area contributed by atoms with Gasteiger partial charge in [-0.1, -0.05) is 11.6 Å². The first kappa shape index (κ1) is 12.8. The van der Waals surface area contributed by atoms with Crippen LogP contribution in [0.25, 0.3) is 0 Å². The van der Waals surface area contributed by atoms with E-state index in [-0.39, 0.29) is 6.10 Å². The standard InChI is InChI=1S/C12H15ClO3/c1-7(2)16-12(14)9-5-8(3)10(13)6-11(9)15-4/h5-7H,1-4H3. The third-order valence-corrected chi connectivity index (χ3v) is 2.45. The average molecular weight is 243 g/mol. The molecule has 0 amide bonds. The molecule has 1 aromatic carbocycles. The van der Waals surface area contributed by atoms with Crippen molar-refractivity contribution in [3.8, 4) is 5.75 Å². The molecule has 0 aliphatic carbocycles. The van der Waals surface area contributed by atoms with E-state index in [1.54, 1.807) is 26.0 Å². The molecule has 88 valence electrons. The van der Waals surface area contributed by atoms with Crippen molar-refractivity contribution in [3.63, 3.8) is 0 Å². The van der Waals surface area contributed by atoms with Crippen LogP contribution in [0.5, 0.6) is 5.75 Å². The Morgan fingerprint density at radius 1 is 1.38 bits per heavy atom. The summed E-state index contributed by atoms with van der Waals surface area (Å²) in [7, 11) is 1.49. The van der Waals surface area contributed by atoms with Crippen molar-refractivity contribution in [2.75, 3.05) is 7.11 Å². The van der Waals surface area contributed by atoms with E-state index in [9.17, 15) is 4.79 Å². The minimum Gasteiger partial charge on any atom is -0.496 e. The highest BCUT2D eigenvalue weighted by Gasteiger charge is 2.16. The second-order valence-electron chi connectivity index (χ2n) is 3.76. The SMILES string of the molecule is COc1cc(Cl)c(C)cc1C(=O)OC(C)C. The van der Waals surface area contributed by atoms with Gasteiger partial charge in [-0.2, -0.15) is 0 Å². The van der Waals surface area contributed by atoms with Crippen molar-refractivity contribution < 1.29 is 14.3 Å². The number of ether oxygens (including phenoxy) is 2. The van der Waals surface area contributed by atoms with Crippen molar-refractivity contribution in [2.24, 2.45) is 0 Å². The zero-order chi connectivity index (χ0) is 12.3. The molecule has 4 heteroatoms. The lowest BCUT2D eigenvalue weighted by atomic mass is 10.1. The smallest absolute Gasteiger partial charge is 0.342 e. The van der Waals surface area contributed by atoms with Crippen molar-refractivity contribution >= 4 is 17.6 Å². The van der Waals surface area contributed by atoms with Crippen LogP contribution in [0.4, 0.5) is 0 Å². The van der Waals surface area contributed by atoms with Crippen LogP contribution in [0.1, 0.15) is 29.8 Å². The second-order valence-corrected chi connectivity index (χ2v) is 4.16. The van der Waals surface area contributed by atoms with Crippen LogP contribution in [0.15, 0.2) is 12.1 Å². The Hall–Kier alpha value is -1.22. The fraction of sp³-hybridized carbons (Fsp3) is 0.417. The molecule has 0 aliphatic heterocycles. The summed E-state index contributed by atoms with van der Waals surface area (Å²) in [5.41, 5.74) is 1.22. The molecule has 0 N–H and O–H groups in total. The first-order chi connectivity index (χ1) is 7.45. The van der Waals surface area contributed by atoms with Crippen molar-refractivity contribution in [1.29, 1.82) is 0 Å². The maximum absolute atomic E-state index is 11.8. The third kappa shape index (κ3) is 2.89. The Morgan fingerprint density at radius 2 is 2.00 bits per heavy atom. The van der Waals surface area contributed by atoms with E-state index in [1.165, 1.54) is 7.11 Å². The largest absolute Gasteiger partial charge is 0.496 e. The number of hydrogen-bond donors (Lipinski definition) is 0. The zero-order valence-electron chi connectivity index (χ0n) is 9.83. The summed E-state index contributed by atoms with van der Waals surface area (Å²) in [6.07, 6.45) is -0.159. The summed E-state index contributed by atoms with van der Waals surface area (Å²) < 4.78 is 10.2. The van der Waals surface area contributed by atoms with E-state index in [4.69, 9.17) is 21.1 Å². The lowest BCUT2D eigenvalue weighted by molar-refractivity contribution is 0.0374. The van der Waals surface area contributed by atoms with E-state index >= 15 is 0 Å². The molecular weight excluding hydrogens is 228 g/mol. The monoisotopic (exact) mass is 242 g/mol. The van der Waals surface area contributed by atoms with Gasteiger partial charge in [-0.3, -0.25) is 0 Å². The number of benzene rings is 1. The number of carbonyl (C=O) groups is 1. The molecular formula is C12H15ClO3. The number of methoxy groups -OCH3 is 1. The van der Waals surface area contributed by atoms with Crippen molar-refractivity contribution in [3.05, 3.63) is 28.3 Å². The maximum Gasteiger partial charge on any atom is 0.342 e. The predicted molar refractivity (Wildman–Crippen MR) is 63.3 cm³/mol. The van der Waals surface area contributed by atoms with Crippen LogP contribution in [-0.4, -0.2) is 19.2 Å². The highest BCUT2D eigenvalue weighted by Crippen LogP contribution is 2.27. The van der Waals surface area contributed by atoms with Gasteiger partial charge in [0.15, 0.2) is 0 Å². The summed E-state index contributed by atoms with van der Waals surface area (Å²) >= 11 is 5.94. The zero-order valence-corrected chi connectivity index (χ0v) is 10.6. The summed E-state index contributed by atoms with van der Waals surface area (Å²) in [6, 6.07) is 3.29. The molecule has 0 bridgehead atoms. The van der Waals surface area contributed by atoms with Gasteiger partial charge >= 0.3 is 5.97 Å². The summed E-state index contributed by atoms with van der Waals surface area (Å²) in [5.74, 6) is 0.0351. The van der Waals surface area contributed by atoms with Gasteiger partial charge in [0.25, 0.3) is 0 Å². The van der Waals surface area contributed by atoms with Gasteiger partial charge in [-0.05, 0) is 38.5 Å². The lowest BCUT2D eigenvalue weighted by Crippen LogP contribution is -2.13. The predicted octanol–water partition coefficient (Wildman–Crippen LogP) is 3.22. The first-order valence-electron chi connectivity index (χ1n) is 5.00. The quantitative estimate of drug-likeness (QED) is 0.764. The number of carbonyl (C=O) groups excluding carboxylic acids is 1. The molecule has 1 aromatic rings. The molecule has 0 spiro atoms. The minimum atomic E-state index is -0.397. The van der Waals surface area contributed by atoms with Gasteiger partial charge in [0.1, 0.15) is 11.3 Å². The Bertz CT molecular complexity index is 399. The Morgan fingerprint density at radius 3 is 2.50 bits per heavy atom. The van der Waals surface area contributed by atoms with Gasteiger partial charge in [-0.25, -0.2) is 4.79 Å². The molecule has 0 aromatic heterocycles. The van der Waals surface area contributed by atoms with Crippen LogP contribution in [0, 0.1) is 6.92 Å². The Labute approximate surface area is 100 Å². The molecule has 16 heavy (non-hydrogen) atoms. The van der Waals surface area contributed by atoms with Crippen LogP contribution in [0.2, 0.25) is 5.02 Å². The van der Waals surface area contributed by atoms with Gasteiger partial charge in [-0.15, -0.1) is 0 Å².